The predicted octanol–water partition coefficient (Wildman–Crippen LogP) is 3.36. The highest BCUT2D eigenvalue weighted by atomic mass is 35.5. The SMILES string of the molecule is Cc1ccc([C@H]2CCCN2C(=O)c2c(Cl)cnn2C)cc1. The van der Waals surface area contributed by atoms with Crippen molar-refractivity contribution >= 4 is 17.5 Å². The minimum Gasteiger partial charge on any atom is -0.330 e. The van der Waals surface area contributed by atoms with E-state index in [4.69, 9.17) is 11.6 Å². The molecule has 0 saturated carbocycles. The van der Waals surface area contributed by atoms with Gasteiger partial charge >= 0.3 is 0 Å². The first kappa shape index (κ1) is 14.1. The molecule has 1 aliphatic heterocycles. The summed E-state index contributed by atoms with van der Waals surface area (Å²) in [6.45, 7) is 2.83. The first-order valence-electron chi connectivity index (χ1n) is 7.13. The van der Waals surface area contributed by atoms with Gasteiger partial charge in [-0.1, -0.05) is 41.4 Å². The van der Waals surface area contributed by atoms with Crippen LogP contribution in [0, 0.1) is 6.92 Å². The second-order valence-electron chi connectivity index (χ2n) is 5.53. The Balaban J connectivity index is 1.90. The number of carbonyl (C=O) groups excluding carboxylic acids is 1. The topological polar surface area (TPSA) is 38.1 Å². The van der Waals surface area contributed by atoms with Gasteiger partial charge < -0.3 is 4.90 Å². The standard InChI is InChI=1S/C16H18ClN3O/c1-11-5-7-12(8-6-11)14-4-3-9-20(14)16(21)15-13(17)10-18-19(15)2/h5-8,10,14H,3-4,9H2,1-2H3/t14-/m1/s1. The molecule has 0 unspecified atom stereocenters. The number of benzene rings is 1. The van der Waals surface area contributed by atoms with Crippen LogP contribution in [0.15, 0.2) is 30.5 Å². The highest BCUT2D eigenvalue weighted by molar-refractivity contribution is 6.33. The van der Waals surface area contributed by atoms with Gasteiger partial charge in [0, 0.05) is 13.6 Å². The minimum atomic E-state index is -0.0388. The van der Waals surface area contributed by atoms with Crippen molar-refractivity contribution in [1.82, 2.24) is 14.7 Å². The molecular formula is C16H18ClN3O. The fraction of sp³-hybridized carbons (Fsp3) is 0.375. The van der Waals surface area contributed by atoms with E-state index in [9.17, 15) is 4.79 Å². The van der Waals surface area contributed by atoms with Crippen LogP contribution in [-0.4, -0.2) is 27.1 Å². The number of hydrogen-bond acceptors (Lipinski definition) is 2. The third-order valence-corrected chi connectivity index (χ3v) is 4.35. The molecule has 5 heteroatoms. The molecule has 1 saturated heterocycles. The number of amides is 1. The molecule has 0 aliphatic carbocycles. The number of aryl methyl sites for hydroxylation is 2. The van der Waals surface area contributed by atoms with Crippen LogP contribution in [0.3, 0.4) is 0 Å². The summed E-state index contributed by atoms with van der Waals surface area (Å²) in [6, 6.07) is 8.53. The van der Waals surface area contributed by atoms with Crippen LogP contribution in [-0.2, 0) is 7.05 Å². The summed E-state index contributed by atoms with van der Waals surface area (Å²) in [5.74, 6) is -0.0388. The first-order valence-corrected chi connectivity index (χ1v) is 7.51. The van der Waals surface area contributed by atoms with Crippen molar-refractivity contribution in [3.8, 4) is 0 Å². The van der Waals surface area contributed by atoms with Gasteiger partial charge in [0.15, 0.2) is 0 Å². The van der Waals surface area contributed by atoms with Crippen LogP contribution in [0.4, 0.5) is 0 Å². The Morgan fingerprint density at radius 3 is 2.67 bits per heavy atom. The summed E-state index contributed by atoms with van der Waals surface area (Å²) >= 11 is 6.10. The zero-order valence-electron chi connectivity index (χ0n) is 12.2. The second-order valence-corrected chi connectivity index (χ2v) is 5.94. The van der Waals surface area contributed by atoms with E-state index in [0.29, 0.717) is 10.7 Å². The molecular weight excluding hydrogens is 286 g/mol. The average molecular weight is 304 g/mol. The van der Waals surface area contributed by atoms with E-state index in [2.05, 4.69) is 36.3 Å². The normalized spacial score (nSPS) is 18.2. The van der Waals surface area contributed by atoms with Gasteiger partial charge in [-0.05, 0) is 25.3 Å². The van der Waals surface area contributed by atoms with Crippen LogP contribution >= 0.6 is 11.6 Å². The lowest BCUT2D eigenvalue weighted by molar-refractivity contribution is 0.0724. The number of nitrogens with zero attached hydrogens (tertiary/aromatic N) is 3. The summed E-state index contributed by atoms with van der Waals surface area (Å²) in [5, 5.41) is 4.47. The lowest BCUT2D eigenvalue weighted by Gasteiger charge is -2.25. The van der Waals surface area contributed by atoms with Gasteiger partial charge in [-0.25, -0.2) is 0 Å². The molecule has 0 spiro atoms. The van der Waals surface area contributed by atoms with E-state index in [1.807, 2.05) is 4.90 Å². The number of likely N-dealkylation sites (tertiary alicyclic amines) is 1. The molecule has 1 atom stereocenters. The highest BCUT2D eigenvalue weighted by Crippen LogP contribution is 2.34. The molecule has 1 fully saturated rings. The summed E-state index contributed by atoms with van der Waals surface area (Å²) in [5.41, 5.74) is 2.88. The lowest BCUT2D eigenvalue weighted by atomic mass is 10.0. The maximum atomic E-state index is 12.8. The predicted molar refractivity (Wildman–Crippen MR) is 82.4 cm³/mol. The van der Waals surface area contributed by atoms with Crippen molar-refractivity contribution in [3.05, 3.63) is 52.3 Å². The second kappa shape index (κ2) is 5.53. The highest BCUT2D eigenvalue weighted by Gasteiger charge is 2.32. The summed E-state index contributed by atoms with van der Waals surface area (Å²) in [4.78, 5) is 14.7. The van der Waals surface area contributed by atoms with Gasteiger partial charge in [0.25, 0.3) is 5.91 Å². The molecule has 21 heavy (non-hydrogen) atoms. The summed E-state index contributed by atoms with van der Waals surface area (Å²) < 4.78 is 1.55. The fourth-order valence-corrected chi connectivity index (χ4v) is 3.18. The van der Waals surface area contributed by atoms with Crippen molar-refractivity contribution in [3.63, 3.8) is 0 Å². The molecule has 1 aromatic carbocycles. The van der Waals surface area contributed by atoms with Gasteiger partial charge in [-0.2, -0.15) is 5.10 Å². The molecule has 0 N–H and O–H groups in total. The van der Waals surface area contributed by atoms with Crippen LogP contribution in [0.25, 0.3) is 0 Å². The van der Waals surface area contributed by atoms with Gasteiger partial charge in [0.1, 0.15) is 5.69 Å². The Morgan fingerprint density at radius 2 is 2.05 bits per heavy atom. The molecule has 0 bridgehead atoms. The van der Waals surface area contributed by atoms with Gasteiger partial charge in [-0.15, -0.1) is 0 Å². The van der Waals surface area contributed by atoms with E-state index in [0.717, 1.165) is 19.4 Å². The summed E-state index contributed by atoms with van der Waals surface area (Å²) in [6.07, 6.45) is 3.52. The van der Waals surface area contributed by atoms with Gasteiger partial charge in [0.05, 0.1) is 17.3 Å². The van der Waals surface area contributed by atoms with Crippen molar-refractivity contribution in [2.24, 2.45) is 7.05 Å². The van der Waals surface area contributed by atoms with Crippen molar-refractivity contribution in [1.29, 1.82) is 0 Å². The molecule has 1 amide bonds. The molecule has 1 aromatic heterocycles. The largest absolute Gasteiger partial charge is 0.330 e. The molecule has 3 rings (SSSR count). The van der Waals surface area contributed by atoms with Crippen molar-refractivity contribution in [2.45, 2.75) is 25.8 Å². The Labute approximate surface area is 129 Å². The quantitative estimate of drug-likeness (QED) is 0.853. The monoisotopic (exact) mass is 303 g/mol. The molecule has 2 heterocycles. The number of aromatic nitrogens is 2. The smallest absolute Gasteiger partial charge is 0.274 e. The fourth-order valence-electron chi connectivity index (χ4n) is 2.93. The van der Waals surface area contributed by atoms with E-state index >= 15 is 0 Å². The Morgan fingerprint density at radius 1 is 1.33 bits per heavy atom. The van der Waals surface area contributed by atoms with Crippen molar-refractivity contribution in [2.75, 3.05) is 6.54 Å². The van der Waals surface area contributed by atoms with Crippen LogP contribution in [0.1, 0.15) is 40.5 Å². The van der Waals surface area contributed by atoms with E-state index in [1.165, 1.54) is 17.3 Å². The van der Waals surface area contributed by atoms with E-state index < -0.39 is 0 Å². The summed E-state index contributed by atoms with van der Waals surface area (Å²) in [7, 11) is 1.75. The Kier molecular flexibility index (Phi) is 3.72. The number of hydrogen-bond donors (Lipinski definition) is 0. The van der Waals surface area contributed by atoms with Gasteiger partial charge in [0.2, 0.25) is 0 Å². The third-order valence-electron chi connectivity index (χ3n) is 4.07. The van der Waals surface area contributed by atoms with Crippen LogP contribution in [0.2, 0.25) is 5.02 Å². The number of rotatable bonds is 2. The zero-order chi connectivity index (χ0) is 15.0. The Bertz CT molecular complexity index is 643. The average Bonchev–Trinajstić information content (AvgIpc) is 3.07. The molecule has 2 aromatic rings. The molecule has 0 radical (unpaired) electrons. The first-order chi connectivity index (χ1) is 10.1. The lowest BCUT2D eigenvalue weighted by Crippen LogP contribution is -2.32. The molecule has 110 valence electrons. The van der Waals surface area contributed by atoms with Crippen LogP contribution in [0.5, 0.6) is 0 Å². The third kappa shape index (κ3) is 2.56. The zero-order valence-corrected chi connectivity index (χ0v) is 13.0. The van der Waals surface area contributed by atoms with Crippen LogP contribution < -0.4 is 0 Å². The van der Waals surface area contributed by atoms with Gasteiger partial charge in [-0.3, -0.25) is 9.48 Å². The Hall–Kier alpha value is -1.81. The maximum Gasteiger partial charge on any atom is 0.274 e. The number of halogens is 1. The molecule has 4 nitrogen and oxygen atoms in total. The van der Waals surface area contributed by atoms with Crippen molar-refractivity contribution < 1.29 is 4.79 Å². The minimum absolute atomic E-state index is 0.0388. The number of carbonyl (C=O) groups is 1. The molecule has 1 aliphatic rings. The van der Waals surface area contributed by atoms with E-state index in [-0.39, 0.29) is 11.9 Å². The maximum absolute atomic E-state index is 12.8. The van der Waals surface area contributed by atoms with E-state index in [1.54, 1.807) is 11.7 Å².